The molecular weight excluding hydrogens is 456 g/mol. The Balaban J connectivity index is 0.00000288. The zero-order valence-corrected chi connectivity index (χ0v) is 16.3. The molecule has 1 atom stereocenters. The standard InChI is InChI=1S/C15H20ClF3N4.HI/c1-20-14(21-8-11-4-2-3-5-13(11)16)22-12-6-7-23(9-12)10-15(17,18)19;/h2-5,12H,6-10H2,1H3,(H2,20,21,22);1H. The first-order valence-electron chi connectivity index (χ1n) is 7.37. The van der Waals surface area contributed by atoms with Crippen LogP contribution < -0.4 is 10.6 Å². The summed E-state index contributed by atoms with van der Waals surface area (Å²) in [6.45, 7) is 0.417. The molecule has 0 aromatic heterocycles. The van der Waals surface area contributed by atoms with E-state index in [2.05, 4.69) is 15.6 Å². The van der Waals surface area contributed by atoms with Gasteiger partial charge in [0.1, 0.15) is 0 Å². The van der Waals surface area contributed by atoms with Crippen LogP contribution in [0.5, 0.6) is 0 Å². The smallest absolute Gasteiger partial charge is 0.352 e. The molecule has 9 heteroatoms. The summed E-state index contributed by atoms with van der Waals surface area (Å²) in [5, 5.41) is 6.95. The fourth-order valence-corrected chi connectivity index (χ4v) is 2.76. The van der Waals surface area contributed by atoms with Crippen molar-refractivity contribution in [2.75, 3.05) is 26.7 Å². The highest BCUT2D eigenvalue weighted by Crippen LogP contribution is 2.20. The molecule has 0 radical (unpaired) electrons. The Morgan fingerprint density at radius 3 is 2.71 bits per heavy atom. The lowest BCUT2D eigenvalue weighted by Crippen LogP contribution is -2.44. The van der Waals surface area contributed by atoms with Gasteiger partial charge in [0.15, 0.2) is 5.96 Å². The number of halogens is 5. The van der Waals surface area contributed by atoms with Gasteiger partial charge in [-0.25, -0.2) is 0 Å². The molecule has 0 aliphatic carbocycles. The van der Waals surface area contributed by atoms with E-state index in [4.69, 9.17) is 11.6 Å². The largest absolute Gasteiger partial charge is 0.401 e. The van der Waals surface area contributed by atoms with Gasteiger partial charge in [0.2, 0.25) is 0 Å². The number of benzene rings is 1. The van der Waals surface area contributed by atoms with Crippen molar-refractivity contribution >= 4 is 41.5 Å². The molecule has 1 unspecified atom stereocenters. The van der Waals surface area contributed by atoms with Crippen LogP contribution in [0.25, 0.3) is 0 Å². The van der Waals surface area contributed by atoms with Crippen molar-refractivity contribution in [1.82, 2.24) is 15.5 Å². The summed E-state index contributed by atoms with van der Waals surface area (Å²) in [5.74, 6) is 0.559. The molecule has 1 fully saturated rings. The molecule has 1 saturated heterocycles. The fraction of sp³-hybridized carbons (Fsp3) is 0.533. The normalized spacial score (nSPS) is 19.0. The summed E-state index contributed by atoms with van der Waals surface area (Å²) in [4.78, 5) is 5.51. The van der Waals surface area contributed by atoms with Crippen LogP contribution in [0.15, 0.2) is 29.3 Å². The summed E-state index contributed by atoms with van der Waals surface area (Å²) in [6.07, 6.45) is -3.50. The van der Waals surface area contributed by atoms with E-state index in [0.29, 0.717) is 37.0 Å². The average molecular weight is 477 g/mol. The van der Waals surface area contributed by atoms with Crippen LogP contribution in [0.1, 0.15) is 12.0 Å². The maximum atomic E-state index is 12.4. The Morgan fingerprint density at radius 1 is 1.38 bits per heavy atom. The van der Waals surface area contributed by atoms with E-state index >= 15 is 0 Å². The highest BCUT2D eigenvalue weighted by molar-refractivity contribution is 14.0. The SMILES string of the molecule is CN=C(NCc1ccccc1Cl)NC1CCN(CC(F)(F)F)C1.I. The van der Waals surface area contributed by atoms with E-state index in [-0.39, 0.29) is 30.0 Å². The molecule has 2 N–H and O–H groups in total. The third-order valence-corrected chi connectivity index (χ3v) is 4.01. The van der Waals surface area contributed by atoms with Crippen LogP contribution >= 0.6 is 35.6 Å². The number of aliphatic imine (C=N–C) groups is 1. The second kappa shape index (κ2) is 9.67. The van der Waals surface area contributed by atoms with Gasteiger partial charge in [0.05, 0.1) is 6.54 Å². The Bertz CT molecular complexity index is 554. The van der Waals surface area contributed by atoms with Crippen molar-refractivity contribution in [3.8, 4) is 0 Å². The number of alkyl halides is 3. The lowest BCUT2D eigenvalue weighted by molar-refractivity contribution is -0.143. The van der Waals surface area contributed by atoms with Gasteiger partial charge in [-0.1, -0.05) is 29.8 Å². The molecule has 1 aromatic carbocycles. The first-order valence-corrected chi connectivity index (χ1v) is 7.75. The Labute approximate surface area is 161 Å². The van der Waals surface area contributed by atoms with Crippen molar-refractivity contribution in [3.63, 3.8) is 0 Å². The number of hydrogen-bond acceptors (Lipinski definition) is 2. The van der Waals surface area contributed by atoms with E-state index in [1.807, 2.05) is 18.2 Å². The van der Waals surface area contributed by atoms with Gasteiger partial charge in [0.25, 0.3) is 0 Å². The van der Waals surface area contributed by atoms with Crippen molar-refractivity contribution < 1.29 is 13.2 Å². The molecular formula is C15H21ClF3IN4. The van der Waals surface area contributed by atoms with E-state index in [9.17, 15) is 13.2 Å². The zero-order chi connectivity index (χ0) is 16.9. The molecule has 1 aliphatic heterocycles. The van der Waals surface area contributed by atoms with Crippen LogP contribution in [-0.2, 0) is 6.54 Å². The number of nitrogens with zero attached hydrogens (tertiary/aromatic N) is 2. The molecule has 0 amide bonds. The number of hydrogen-bond donors (Lipinski definition) is 2. The van der Waals surface area contributed by atoms with Crippen LogP contribution in [0.4, 0.5) is 13.2 Å². The van der Waals surface area contributed by atoms with Crippen molar-refractivity contribution in [2.45, 2.75) is 25.2 Å². The Morgan fingerprint density at radius 2 is 2.08 bits per heavy atom. The maximum absolute atomic E-state index is 12.4. The van der Waals surface area contributed by atoms with Gasteiger partial charge >= 0.3 is 6.18 Å². The first kappa shape index (κ1) is 21.3. The quantitative estimate of drug-likeness (QED) is 0.398. The van der Waals surface area contributed by atoms with E-state index < -0.39 is 12.7 Å². The monoisotopic (exact) mass is 476 g/mol. The fourth-order valence-electron chi connectivity index (χ4n) is 2.56. The van der Waals surface area contributed by atoms with Crippen LogP contribution in [0.2, 0.25) is 5.02 Å². The summed E-state index contributed by atoms with van der Waals surface area (Å²) < 4.78 is 37.2. The number of nitrogens with one attached hydrogen (secondary N) is 2. The van der Waals surface area contributed by atoms with Gasteiger partial charge in [-0.2, -0.15) is 13.2 Å². The van der Waals surface area contributed by atoms with Gasteiger partial charge in [-0.3, -0.25) is 9.89 Å². The third-order valence-electron chi connectivity index (χ3n) is 3.64. The van der Waals surface area contributed by atoms with Gasteiger partial charge in [-0.15, -0.1) is 24.0 Å². The predicted octanol–water partition coefficient (Wildman–Crippen LogP) is 3.26. The summed E-state index contributed by atoms with van der Waals surface area (Å²) in [6, 6.07) is 7.41. The number of rotatable bonds is 4. The second-order valence-electron chi connectivity index (χ2n) is 5.50. The van der Waals surface area contributed by atoms with Crippen LogP contribution in [0.3, 0.4) is 0 Å². The minimum atomic E-state index is -4.15. The maximum Gasteiger partial charge on any atom is 0.401 e. The summed E-state index contributed by atoms with van der Waals surface area (Å²) in [5.41, 5.74) is 0.933. The lowest BCUT2D eigenvalue weighted by atomic mass is 10.2. The predicted molar refractivity (Wildman–Crippen MR) is 101 cm³/mol. The van der Waals surface area contributed by atoms with Gasteiger partial charge in [-0.05, 0) is 18.1 Å². The topological polar surface area (TPSA) is 39.7 Å². The summed E-state index contributed by atoms with van der Waals surface area (Å²) >= 11 is 6.09. The molecule has 136 valence electrons. The van der Waals surface area contributed by atoms with Crippen LogP contribution in [-0.4, -0.2) is 49.8 Å². The Hall–Kier alpha value is -0.740. The Kier molecular flexibility index (Phi) is 8.58. The summed E-state index contributed by atoms with van der Waals surface area (Å²) in [7, 11) is 1.63. The third kappa shape index (κ3) is 7.02. The van der Waals surface area contributed by atoms with E-state index in [0.717, 1.165) is 5.56 Å². The van der Waals surface area contributed by atoms with Gasteiger partial charge < -0.3 is 10.6 Å². The zero-order valence-electron chi connectivity index (χ0n) is 13.2. The lowest BCUT2D eigenvalue weighted by Gasteiger charge is -2.20. The molecule has 1 aliphatic rings. The average Bonchev–Trinajstić information content (AvgIpc) is 2.90. The molecule has 2 rings (SSSR count). The van der Waals surface area contributed by atoms with Crippen molar-refractivity contribution in [3.05, 3.63) is 34.9 Å². The van der Waals surface area contributed by atoms with Crippen molar-refractivity contribution in [1.29, 1.82) is 0 Å². The minimum absolute atomic E-state index is 0. The highest BCUT2D eigenvalue weighted by Gasteiger charge is 2.34. The molecule has 0 bridgehead atoms. The first-order chi connectivity index (χ1) is 10.9. The minimum Gasteiger partial charge on any atom is -0.352 e. The molecule has 0 spiro atoms. The molecule has 0 saturated carbocycles. The van der Waals surface area contributed by atoms with Crippen molar-refractivity contribution in [2.24, 2.45) is 4.99 Å². The molecule has 1 heterocycles. The molecule has 24 heavy (non-hydrogen) atoms. The van der Waals surface area contributed by atoms with E-state index in [1.165, 1.54) is 4.90 Å². The second-order valence-corrected chi connectivity index (χ2v) is 5.90. The van der Waals surface area contributed by atoms with Gasteiger partial charge in [0, 0.05) is 37.7 Å². The molecule has 4 nitrogen and oxygen atoms in total. The van der Waals surface area contributed by atoms with Crippen LogP contribution in [0, 0.1) is 0 Å². The highest BCUT2D eigenvalue weighted by atomic mass is 127. The molecule has 1 aromatic rings. The number of likely N-dealkylation sites (tertiary alicyclic amines) is 1. The van der Waals surface area contributed by atoms with E-state index in [1.54, 1.807) is 13.1 Å². The number of guanidine groups is 1.